The molecule has 1 heterocycles. The topological polar surface area (TPSA) is 22.1 Å². The van der Waals surface area contributed by atoms with Gasteiger partial charge in [-0.05, 0) is 6.92 Å². The first-order chi connectivity index (χ1) is 4.74. The number of thiazole rings is 1. The summed E-state index contributed by atoms with van der Waals surface area (Å²) < 4.78 is 4.90. The maximum absolute atomic E-state index is 4.90. The van der Waals surface area contributed by atoms with Crippen molar-refractivity contribution in [3.8, 4) is 0 Å². The molecule has 0 N–H and O–H groups in total. The molecular weight excluding hydrogens is 146 g/mol. The summed E-state index contributed by atoms with van der Waals surface area (Å²) in [4.78, 5) is 4.18. The maximum atomic E-state index is 4.90. The normalized spacial score (nSPS) is 9.40. The smallest absolute Gasteiger partial charge is 0.157 e. The Balaban J connectivity index is 2.85. The summed E-state index contributed by atoms with van der Waals surface area (Å²) in [5, 5.41) is 2.83. The van der Waals surface area contributed by atoms with Gasteiger partial charge in [-0.3, -0.25) is 0 Å². The van der Waals surface area contributed by atoms with Crippen molar-refractivity contribution in [1.82, 2.24) is 4.98 Å². The molecule has 2 nitrogen and oxygen atoms in total. The second-order valence-corrected chi connectivity index (χ2v) is 2.78. The third kappa shape index (κ3) is 1.36. The number of hydrogen-bond donors (Lipinski definition) is 0. The summed E-state index contributed by atoms with van der Waals surface area (Å²) >= 11 is 1.55. The molecule has 1 aromatic rings. The zero-order chi connectivity index (χ0) is 7.56. The van der Waals surface area contributed by atoms with Crippen LogP contribution in [0.4, 0.5) is 0 Å². The molecule has 0 aliphatic rings. The van der Waals surface area contributed by atoms with Gasteiger partial charge in [0.2, 0.25) is 0 Å². The van der Waals surface area contributed by atoms with Crippen molar-refractivity contribution in [3.05, 3.63) is 22.7 Å². The Kier molecular flexibility index (Phi) is 2.06. The van der Waals surface area contributed by atoms with E-state index in [-0.39, 0.29) is 0 Å². The van der Waals surface area contributed by atoms with Gasteiger partial charge in [-0.1, -0.05) is 6.58 Å². The van der Waals surface area contributed by atoms with Crippen LogP contribution in [0.25, 0.3) is 5.76 Å². The highest BCUT2D eigenvalue weighted by atomic mass is 32.1. The maximum Gasteiger partial charge on any atom is 0.157 e. The Labute approximate surface area is 64.2 Å². The molecule has 0 aliphatic heterocycles. The molecule has 0 aliphatic carbocycles. The average molecular weight is 155 g/mol. The Morgan fingerprint density at radius 2 is 2.50 bits per heavy atom. The number of hydrogen-bond acceptors (Lipinski definition) is 3. The zero-order valence-corrected chi connectivity index (χ0v) is 6.86. The van der Waals surface area contributed by atoms with Crippen LogP contribution < -0.4 is 0 Å². The highest BCUT2D eigenvalue weighted by molar-refractivity contribution is 7.10. The lowest BCUT2D eigenvalue weighted by Gasteiger charge is -1.96. The molecule has 54 valence electrons. The van der Waals surface area contributed by atoms with Crippen LogP contribution in [0.5, 0.6) is 0 Å². The molecule has 0 aromatic carbocycles. The molecule has 0 radical (unpaired) electrons. The lowest BCUT2D eigenvalue weighted by molar-refractivity contribution is 0.371. The van der Waals surface area contributed by atoms with Crippen molar-refractivity contribution in [3.63, 3.8) is 0 Å². The minimum Gasteiger partial charge on any atom is -0.494 e. The molecule has 0 fully saturated rings. The predicted molar refractivity (Wildman–Crippen MR) is 42.9 cm³/mol. The van der Waals surface area contributed by atoms with E-state index in [1.165, 1.54) is 0 Å². The van der Waals surface area contributed by atoms with Gasteiger partial charge in [0.25, 0.3) is 0 Å². The number of methoxy groups -OCH3 is 1. The van der Waals surface area contributed by atoms with Crippen molar-refractivity contribution in [2.24, 2.45) is 0 Å². The largest absolute Gasteiger partial charge is 0.494 e. The Morgan fingerprint density at radius 1 is 1.80 bits per heavy atom. The van der Waals surface area contributed by atoms with E-state index in [1.54, 1.807) is 18.4 Å². The van der Waals surface area contributed by atoms with E-state index in [4.69, 9.17) is 4.74 Å². The number of ether oxygens (including phenoxy) is 1. The summed E-state index contributed by atoms with van der Waals surface area (Å²) in [5.74, 6) is 0.637. The van der Waals surface area contributed by atoms with Crippen molar-refractivity contribution in [2.75, 3.05) is 7.11 Å². The second kappa shape index (κ2) is 2.84. The van der Waals surface area contributed by atoms with Crippen molar-refractivity contribution >= 4 is 17.1 Å². The fourth-order valence-corrected chi connectivity index (χ4v) is 1.32. The number of nitrogens with zero attached hydrogens (tertiary/aromatic N) is 1. The highest BCUT2D eigenvalue weighted by Gasteiger charge is 2.01. The first-order valence-corrected chi connectivity index (χ1v) is 3.77. The standard InChI is InChI=1S/C7H9NOS/c1-5-4-10-7(8-5)6(2)9-3/h4H,2H2,1,3H3. The Hall–Kier alpha value is -0.830. The minimum absolute atomic E-state index is 0.637. The van der Waals surface area contributed by atoms with Crippen LogP contribution in [0.3, 0.4) is 0 Å². The van der Waals surface area contributed by atoms with E-state index in [2.05, 4.69) is 11.6 Å². The van der Waals surface area contributed by atoms with E-state index >= 15 is 0 Å². The predicted octanol–water partition coefficient (Wildman–Crippen LogP) is 2.07. The van der Waals surface area contributed by atoms with Crippen molar-refractivity contribution < 1.29 is 4.74 Å². The van der Waals surface area contributed by atoms with Gasteiger partial charge in [0.05, 0.1) is 7.11 Å². The molecule has 0 spiro atoms. The Morgan fingerprint density at radius 3 is 2.90 bits per heavy atom. The molecule has 0 atom stereocenters. The van der Waals surface area contributed by atoms with Crippen LogP contribution in [0.15, 0.2) is 12.0 Å². The molecule has 3 heteroatoms. The summed E-state index contributed by atoms with van der Waals surface area (Å²) in [6, 6.07) is 0. The third-order valence-electron chi connectivity index (χ3n) is 1.10. The van der Waals surface area contributed by atoms with Gasteiger partial charge in [-0.25, -0.2) is 4.98 Å². The fourth-order valence-electron chi connectivity index (χ4n) is 0.569. The van der Waals surface area contributed by atoms with Crippen molar-refractivity contribution in [1.29, 1.82) is 0 Å². The van der Waals surface area contributed by atoms with Gasteiger partial charge in [-0.15, -0.1) is 11.3 Å². The number of aryl methyl sites for hydroxylation is 1. The molecule has 10 heavy (non-hydrogen) atoms. The summed E-state index contributed by atoms with van der Waals surface area (Å²) in [5.41, 5.74) is 1.01. The fraction of sp³-hybridized carbons (Fsp3) is 0.286. The SMILES string of the molecule is C=C(OC)c1nc(C)cs1. The lowest BCUT2D eigenvalue weighted by atomic mass is 10.5. The summed E-state index contributed by atoms with van der Waals surface area (Å²) in [7, 11) is 1.60. The van der Waals surface area contributed by atoms with E-state index in [0.29, 0.717) is 5.76 Å². The van der Waals surface area contributed by atoms with Crippen LogP contribution in [-0.2, 0) is 4.74 Å². The van der Waals surface area contributed by atoms with E-state index in [0.717, 1.165) is 10.7 Å². The molecular formula is C7H9NOS. The van der Waals surface area contributed by atoms with Gasteiger partial charge in [0.15, 0.2) is 5.01 Å². The quantitative estimate of drug-likeness (QED) is 0.610. The van der Waals surface area contributed by atoms with Gasteiger partial charge in [0.1, 0.15) is 5.76 Å². The summed E-state index contributed by atoms with van der Waals surface area (Å²) in [6.07, 6.45) is 0. The zero-order valence-electron chi connectivity index (χ0n) is 6.05. The van der Waals surface area contributed by atoms with Crippen molar-refractivity contribution in [2.45, 2.75) is 6.92 Å². The molecule has 0 unspecified atom stereocenters. The summed E-state index contributed by atoms with van der Waals surface area (Å²) in [6.45, 7) is 5.63. The molecule has 1 aromatic heterocycles. The van der Waals surface area contributed by atoms with Crippen LogP contribution in [0.2, 0.25) is 0 Å². The molecule has 0 saturated carbocycles. The average Bonchev–Trinajstić information content (AvgIpc) is 2.34. The van der Waals surface area contributed by atoms with E-state index in [1.807, 2.05) is 12.3 Å². The van der Waals surface area contributed by atoms with Gasteiger partial charge in [-0.2, -0.15) is 0 Å². The number of rotatable bonds is 2. The Bertz CT molecular complexity index is 242. The minimum atomic E-state index is 0.637. The first-order valence-electron chi connectivity index (χ1n) is 2.89. The molecule has 0 saturated heterocycles. The van der Waals surface area contributed by atoms with Crippen LogP contribution in [0, 0.1) is 6.92 Å². The monoisotopic (exact) mass is 155 g/mol. The second-order valence-electron chi connectivity index (χ2n) is 1.92. The van der Waals surface area contributed by atoms with Gasteiger partial charge < -0.3 is 4.74 Å². The number of aromatic nitrogens is 1. The van der Waals surface area contributed by atoms with Crippen LogP contribution in [-0.4, -0.2) is 12.1 Å². The van der Waals surface area contributed by atoms with E-state index < -0.39 is 0 Å². The van der Waals surface area contributed by atoms with E-state index in [9.17, 15) is 0 Å². The first kappa shape index (κ1) is 7.28. The van der Waals surface area contributed by atoms with Crippen LogP contribution in [0.1, 0.15) is 10.7 Å². The third-order valence-corrected chi connectivity index (χ3v) is 2.11. The van der Waals surface area contributed by atoms with Crippen LogP contribution >= 0.6 is 11.3 Å². The van der Waals surface area contributed by atoms with Gasteiger partial charge in [0, 0.05) is 11.1 Å². The van der Waals surface area contributed by atoms with Gasteiger partial charge >= 0.3 is 0 Å². The molecule has 0 bridgehead atoms. The highest BCUT2D eigenvalue weighted by Crippen LogP contribution is 2.17. The molecule has 0 amide bonds. The molecule has 1 rings (SSSR count). The lowest BCUT2D eigenvalue weighted by Crippen LogP contribution is -1.82.